The highest BCUT2D eigenvalue weighted by Crippen LogP contribution is 2.24. The van der Waals surface area contributed by atoms with Gasteiger partial charge in [-0.1, -0.05) is 0 Å². The molecule has 31 heavy (non-hydrogen) atoms. The maximum absolute atomic E-state index is 12.5. The largest absolute Gasteiger partial charge is 0.497 e. The second-order valence-electron chi connectivity index (χ2n) is 7.33. The molecule has 0 unspecified atom stereocenters. The van der Waals surface area contributed by atoms with Gasteiger partial charge in [-0.05, 0) is 56.2 Å². The number of hydrogen-bond donors (Lipinski definition) is 1. The number of rotatable bonds is 7. The summed E-state index contributed by atoms with van der Waals surface area (Å²) in [5.41, 5.74) is 5.22. The second-order valence-corrected chi connectivity index (χ2v) is 7.33. The third-order valence-corrected chi connectivity index (χ3v) is 5.45. The van der Waals surface area contributed by atoms with Gasteiger partial charge in [0.15, 0.2) is 11.3 Å². The minimum Gasteiger partial charge on any atom is -0.497 e. The molecule has 0 aliphatic heterocycles. The highest BCUT2D eigenvalue weighted by Gasteiger charge is 2.15. The van der Waals surface area contributed by atoms with Crippen LogP contribution in [0.3, 0.4) is 0 Å². The van der Waals surface area contributed by atoms with Crippen LogP contribution in [0.15, 0.2) is 36.5 Å². The Balaban J connectivity index is 1.48. The van der Waals surface area contributed by atoms with Crippen LogP contribution in [-0.2, 0) is 17.8 Å². The molecular weight excluding hydrogens is 394 g/mol. The molecule has 0 bridgehead atoms. The number of fused-ring (bicyclic) bond motifs is 3. The van der Waals surface area contributed by atoms with Crippen LogP contribution in [0.25, 0.3) is 16.7 Å². The van der Waals surface area contributed by atoms with Crippen molar-refractivity contribution < 1.29 is 14.3 Å². The van der Waals surface area contributed by atoms with Crippen LogP contribution in [0.2, 0.25) is 0 Å². The van der Waals surface area contributed by atoms with Crippen molar-refractivity contribution in [3.8, 4) is 11.5 Å². The van der Waals surface area contributed by atoms with E-state index in [0.29, 0.717) is 30.8 Å². The van der Waals surface area contributed by atoms with E-state index in [2.05, 4.69) is 15.4 Å². The Morgan fingerprint density at radius 3 is 2.77 bits per heavy atom. The fourth-order valence-electron chi connectivity index (χ4n) is 3.77. The third-order valence-electron chi connectivity index (χ3n) is 5.45. The highest BCUT2D eigenvalue weighted by atomic mass is 16.5. The van der Waals surface area contributed by atoms with Crippen LogP contribution in [0.1, 0.15) is 28.9 Å². The predicted molar refractivity (Wildman–Crippen MR) is 117 cm³/mol. The zero-order chi connectivity index (χ0) is 22.0. The van der Waals surface area contributed by atoms with Crippen molar-refractivity contribution in [2.75, 3.05) is 14.2 Å². The normalized spacial score (nSPS) is 11.1. The molecule has 4 rings (SSSR count). The summed E-state index contributed by atoms with van der Waals surface area (Å²) in [5.74, 6) is 1.38. The van der Waals surface area contributed by atoms with Crippen molar-refractivity contribution in [3.05, 3.63) is 59.0 Å². The molecule has 0 saturated carbocycles. The molecule has 0 radical (unpaired) electrons. The van der Waals surface area contributed by atoms with Gasteiger partial charge in [0.1, 0.15) is 11.5 Å². The number of hydrogen-bond acceptors (Lipinski definition) is 6. The standard InChI is InChI=1S/C23H25N5O3/c1-14-18(15(2)28-23(26-14)19-6-5-11-24-22(19)27-28)8-10-21(29)25-13-16-12-17(30-3)7-9-20(16)31-4/h5-7,9,11-12H,8,10,13H2,1-4H3,(H,25,29). The summed E-state index contributed by atoms with van der Waals surface area (Å²) in [5, 5.41) is 8.46. The number of nitrogens with zero attached hydrogens (tertiary/aromatic N) is 4. The smallest absolute Gasteiger partial charge is 0.220 e. The quantitative estimate of drug-likeness (QED) is 0.495. The molecule has 0 spiro atoms. The molecule has 0 fully saturated rings. The average Bonchev–Trinajstić information content (AvgIpc) is 3.16. The Morgan fingerprint density at radius 1 is 1.16 bits per heavy atom. The van der Waals surface area contributed by atoms with Crippen molar-refractivity contribution in [1.29, 1.82) is 0 Å². The van der Waals surface area contributed by atoms with Gasteiger partial charge in [0.2, 0.25) is 5.91 Å². The van der Waals surface area contributed by atoms with E-state index in [1.54, 1.807) is 20.4 Å². The molecule has 1 amide bonds. The van der Waals surface area contributed by atoms with E-state index in [0.717, 1.165) is 39.3 Å². The van der Waals surface area contributed by atoms with Gasteiger partial charge in [-0.25, -0.2) is 14.5 Å². The lowest BCUT2D eigenvalue weighted by molar-refractivity contribution is -0.121. The molecular formula is C23H25N5O3. The molecule has 3 heterocycles. The van der Waals surface area contributed by atoms with Crippen LogP contribution in [0, 0.1) is 13.8 Å². The minimum atomic E-state index is -0.0453. The number of methoxy groups -OCH3 is 2. The summed E-state index contributed by atoms with van der Waals surface area (Å²) in [7, 11) is 3.22. The van der Waals surface area contributed by atoms with E-state index in [4.69, 9.17) is 14.5 Å². The third kappa shape index (κ3) is 4.01. The van der Waals surface area contributed by atoms with Gasteiger partial charge in [-0.15, -0.1) is 5.10 Å². The Kier molecular flexibility index (Phi) is 5.70. The summed E-state index contributed by atoms with van der Waals surface area (Å²) in [6, 6.07) is 9.37. The van der Waals surface area contributed by atoms with Crippen molar-refractivity contribution in [3.63, 3.8) is 0 Å². The molecule has 3 aromatic heterocycles. The molecule has 0 atom stereocenters. The number of nitrogens with one attached hydrogen (secondary N) is 1. The average molecular weight is 419 g/mol. The number of ether oxygens (including phenoxy) is 2. The number of amides is 1. The molecule has 1 N–H and O–H groups in total. The fraction of sp³-hybridized carbons (Fsp3) is 0.304. The maximum atomic E-state index is 12.5. The van der Waals surface area contributed by atoms with E-state index in [-0.39, 0.29) is 5.91 Å². The molecule has 0 aliphatic rings. The van der Waals surface area contributed by atoms with E-state index >= 15 is 0 Å². The van der Waals surface area contributed by atoms with E-state index in [1.165, 1.54) is 0 Å². The number of aryl methyl sites for hydroxylation is 2. The predicted octanol–water partition coefficient (Wildman–Crippen LogP) is 3.16. The molecule has 0 aliphatic carbocycles. The van der Waals surface area contributed by atoms with Crippen molar-refractivity contribution >= 4 is 22.6 Å². The molecule has 1 aromatic carbocycles. The Labute approximate surface area is 180 Å². The molecule has 0 saturated heterocycles. The molecule has 4 aromatic rings. The number of carbonyl (C=O) groups is 1. The molecule has 8 heteroatoms. The van der Waals surface area contributed by atoms with E-state index in [9.17, 15) is 4.79 Å². The first-order chi connectivity index (χ1) is 15.0. The first-order valence-corrected chi connectivity index (χ1v) is 10.1. The van der Waals surface area contributed by atoms with E-state index < -0.39 is 0 Å². The van der Waals surface area contributed by atoms with Gasteiger partial charge in [0.25, 0.3) is 0 Å². The van der Waals surface area contributed by atoms with Crippen molar-refractivity contribution in [2.45, 2.75) is 33.2 Å². The van der Waals surface area contributed by atoms with Crippen LogP contribution in [0.4, 0.5) is 0 Å². The lowest BCUT2D eigenvalue weighted by Gasteiger charge is -2.13. The number of pyridine rings is 1. The zero-order valence-electron chi connectivity index (χ0n) is 18.1. The Hall–Kier alpha value is -3.68. The zero-order valence-corrected chi connectivity index (χ0v) is 18.1. The SMILES string of the molecule is COc1ccc(OC)c(CNC(=O)CCc2c(C)nc3c4cccnc4nn3c2C)c1. The topological polar surface area (TPSA) is 90.6 Å². The summed E-state index contributed by atoms with van der Waals surface area (Å²) in [4.78, 5) is 21.6. The van der Waals surface area contributed by atoms with Crippen LogP contribution < -0.4 is 14.8 Å². The van der Waals surface area contributed by atoms with Gasteiger partial charge in [-0.2, -0.15) is 0 Å². The Morgan fingerprint density at radius 2 is 2.00 bits per heavy atom. The monoisotopic (exact) mass is 419 g/mol. The summed E-state index contributed by atoms with van der Waals surface area (Å²) >= 11 is 0. The first-order valence-electron chi connectivity index (χ1n) is 10.1. The fourth-order valence-corrected chi connectivity index (χ4v) is 3.77. The molecule has 8 nitrogen and oxygen atoms in total. The van der Waals surface area contributed by atoms with Crippen LogP contribution in [0.5, 0.6) is 11.5 Å². The number of aromatic nitrogens is 4. The summed E-state index contributed by atoms with van der Waals surface area (Å²) in [6.07, 6.45) is 2.64. The van der Waals surface area contributed by atoms with Crippen LogP contribution in [-0.4, -0.2) is 39.7 Å². The molecule has 160 valence electrons. The van der Waals surface area contributed by atoms with Crippen molar-refractivity contribution in [1.82, 2.24) is 24.9 Å². The lowest BCUT2D eigenvalue weighted by atomic mass is 10.1. The summed E-state index contributed by atoms with van der Waals surface area (Å²) < 4.78 is 12.5. The first kappa shape index (κ1) is 20.6. The van der Waals surface area contributed by atoms with Gasteiger partial charge in [0, 0.05) is 36.1 Å². The van der Waals surface area contributed by atoms with Gasteiger partial charge >= 0.3 is 0 Å². The number of carbonyl (C=O) groups excluding carboxylic acids is 1. The maximum Gasteiger partial charge on any atom is 0.220 e. The van der Waals surface area contributed by atoms with Gasteiger partial charge in [0.05, 0.1) is 19.6 Å². The second kappa shape index (κ2) is 8.59. The number of benzene rings is 1. The van der Waals surface area contributed by atoms with Crippen LogP contribution >= 0.6 is 0 Å². The Bertz CT molecular complexity index is 1270. The van der Waals surface area contributed by atoms with E-state index in [1.807, 2.05) is 48.7 Å². The van der Waals surface area contributed by atoms with Gasteiger partial charge < -0.3 is 14.8 Å². The van der Waals surface area contributed by atoms with Gasteiger partial charge in [-0.3, -0.25) is 4.79 Å². The minimum absolute atomic E-state index is 0.0453. The van der Waals surface area contributed by atoms with Crippen molar-refractivity contribution in [2.24, 2.45) is 0 Å². The highest BCUT2D eigenvalue weighted by molar-refractivity contribution is 5.89. The lowest BCUT2D eigenvalue weighted by Crippen LogP contribution is -2.23. The summed E-state index contributed by atoms with van der Waals surface area (Å²) in [6.45, 7) is 4.34.